The molecule has 2 aromatic heterocycles. The second-order valence-corrected chi connectivity index (χ2v) is 13.4. The number of hydrogen-bond acceptors (Lipinski definition) is 11. The van der Waals surface area contributed by atoms with Gasteiger partial charge in [-0.25, -0.2) is 9.78 Å². The summed E-state index contributed by atoms with van der Waals surface area (Å²) in [5, 5.41) is 35.1. The lowest BCUT2D eigenvalue weighted by Crippen LogP contribution is -2.50. The number of hydrogen-bond donors (Lipinski definition) is 5. The van der Waals surface area contributed by atoms with E-state index in [1.807, 2.05) is 25.1 Å². The Bertz CT molecular complexity index is 1760. The number of ether oxygens (including phenoxy) is 3. The van der Waals surface area contributed by atoms with Gasteiger partial charge >= 0.3 is 5.97 Å². The van der Waals surface area contributed by atoms with E-state index < -0.39 is 37.1 Å². The van der Waals surface area contributed by atoms with Gasteiger partial charge in [0, 0.05) is 25.3 Å². The highest BCUT2D eigenvalue weighted by Crippen LogP contribution is 2.49. The molecule has 0 bridgehead atoms. The topological polar surface area (TPSA) is 186 Å². The first-order valence-electron chi connectivity index (χ1n) is 16.4. The highest BCUT2D eigenvalue weighted by atomic mass is 35.5. The molecule has 13 nitrogen and oxygen atoms in total. The minimum absolute atomic E-state index is 0.140. The number of fused-ring (bicyclic) bond motifs is 2. The largest absolute Gasteiger partial charge is 0.478 e. The van der Waals surface area contributed by atoms with Gasteiger partial charge in [-0.05, 0) is 74.7 Å². The Hall–Kier alpha value is -3.82. The van der Waals surface area contributed by atoms with E-state index in [-0.39, 0.29) is 11.7 Å². The summed E-state index contributed by atoms with van der Waals surface area (Å²) in [5.74, 6) is 0.868. The summed E-state index contributed by atoms with van der Waals surface area (Å²) in [6, 6.07) is 14.9. The number of likely N-dealkylation sites (tertiary alicyclic amines) is 1. The Balaban J connectivity index is 0.000000466. The predicted octanol–water partition coefficient (Wildman–Crippen LogP) is 3.26. The lowest BCUT2D eigenvalue weighted by Gasteiger charge is -2.33. The van der Waals surface area contributed by atoms with Crippen LogP contribution in [0.2, 0.25) is 5.02 Å². The number of halogens is 1. The molecule has 0 saturated carbocycles. The van der Waals surface area contributed by atoms with Crippen molar-refractivity contribution in [2.75, 3.05) is 39.5 Å². The van der Waals surface area contributed by atoms with Crippen LogP contribution in [0.4, 0.5) is 0 Å². The number of nitrogens with zero attached hydrogens (tertiary/aromatic N) is 4. The van der Waals surface area contributed by atoms with Crippen molar-refractivity contribution in [3.63, 3.8) is 0 Å². The van der Waals surface area contributed by atoms with Gasteiger partial charge in [0.2, 0.25) is 0 Å². The Morgan fingerprint density at radius 1 is 1.06 bits per heavy atom. The molecule has 0 aliphatic carbocycles. The molecule has 2 saturated heterocycles. The van der Waals surface area contributed by atoms with E-state index in [1.54, 1.807) is 30.5 Å². The van der Waals surface area contributed by atoms with E-state index in [0.29, 0.717) is 29.7 Å². The average Bonchev–Trinajstić information content (AvgIpc) is 3.63. The number of imidazole rings is 1. The van der Waals surface area contributed by atoms with Gasteiger partial charge in [-0.2, -0.15) is 0 Å². The zero-order valence-electron chi connectivity index (χ0n) is 27.3. The monoisotopic (exact) mass is 695 g/mol. The summed E-state index contributed by atoms with van der Waals surface area (Å²) in [6.45, 7) is 4.65. The van der Waals surface area contributed by atoms with Crippen molar-refractivity contribution in [2.45, 2.75) is 62.6 Å². The summed E-state index contributed by atoms with van der Waals surface area (Å²) in [5.41, 5.74) is 7.70. The molecule has 0 radical (unpaired) electrons. The van der Waals surface area contributed by atoms with E-state index in [9.17, 15) is 9.90 Å². The standard InChI is InChI=1S/C31H31ClN4O5.C4H11NO3/c1-31(27-8-6-21(32)16-33-27)40-26-4-2-3-23(29(26)41-31)19-9-12-35(13-10-19)18-28-34-24-7-5-20(30(37)38)15-25(24)36(28)17-22-11-14-39-22;5-4(1-6,2-7)3-8/h2-8,15-16,19,22H,9-14,17-18H2,1H3,(H,37,38);6-8H,1-3,5H2/t22-,31+;/m0./s1. The molecule has 2 atom stereocenters. The van der Waals surface area contributed by atoms with Crippen molar-refractivity contribution in [3.05, 3.63) is 82.4 Å². The lowest BCUT2D eigenvalue weighted by atomic mass is 9.88. The van der Waals surface area contributed by atoms with Crippen LogP contribution in [0.15, 0.2) is 54.7 Å². The number of aromatic carboxylic acids is 1. The normalized spacial score (nSPS) is 20.9. The summed E-state index contributed by atoms with van der Waals surface area (Å²) in [4.78, 5) is 23.4. The third-order valence-electron chi connectivity index (χ3n) is 9.39. The van der Waals surface area contributed by atoms with Crippen LogP contribution in [0.1, 0.15) is 59.5 Å². The smallest absolute Gasteiger partial charge is 0.335 e. The maximum Gasteiger partial charge on any atom is 0.335 e. The van der Waals surface area contributed by atoms with Crippen LogP contribution in [0.25, 0.3) is 11.0 Å². The highest BCUT2D eigenvalue weighted by molar-refractivity contribution is 6.30. The van der Waals surface area contributed by atoms with E-state index in [4.69, 9.17) is 51.8 Å². The average molecular weight is 696 g/mol. The molecule has 14 heteroatoms. The number of para-hydroxylation sites is 1. The van der Waals surface area contributed by atoms with Gasteiger partial charge in [0.05, 0.1) is 66.2 Å². The first-order valence-corrected chi connectivity index (χ1v) is 16.7. The summed E-state index contributed by atoms with van der Waals surface area (Å²) in [7, 11) is 0. The van der Waals surface area contributed by atoms with Gasteiger partial charge in [-0.15, -0.1) is 0 Å². The van der Waals surface area contributed by atoms with E-state index >= 15 is 0 Å². The van der Waals surface area contributed by atoms with Crippen molar-refractivity contribution in [3.8, 4) is 11.5 Å². The molecule has 7 rings (SSSR count). The number of rotatable bonds is 10. The molecule has 2 aromatic carbocycles. The van der Waals surface area contributed by atoms with Crippen molar-refractivity contribution in [1.29, 1.82) is 0 Å². The number of pyridine rings is 1. The number of piperidine rings is 1. The maximum absolute atomic E-state index is 11.6. The quantitative estimate of drug-likeness (QED) is 0.163. The van der Waals surface area contributed by atoms with Crippen LogP contribution in [-0.2, 0) is 23.6 Å². The summed E-state index contributed by atoms with van der Waals surface area (Å²) >= 11 is 6.04. The van der Waals surface area contributed by atoms with Gasteiger partial charge in [0.1, 0.15) is 11.5 Å². The van der Waals surface area contributed by atoms with Gasteiger partial charge in [-0.1, -0.05) is 23.7 Å². The van der Waals surface area contributed by atoms with Crippen molar-refractivity contribution < 1.29 is 39.4 Å². The fourth-order valence-corrected chi connectivity index (χ4v) is 6.34. The van der Waals surface area contributed by atoms with Crippen molar-refractivity contribution >= 4 is 28.6 Å². The molecule has 3 aliphatic heterocycles. The molecule has 4 aromatic rings. The van der Waals surface area contributed by atoms with Crippen LogP contribution < -0.4 is 15.2 Å². The number of carbonyl (C=O) groups is 1. The fourth-order valence-electron chi connectivity index (χ4n) is 6.23. The molecule has 3 aliphatic rings. The summed E-state index contributed by atoms with van der Waals surface area (Å²) in [6.07, 6.45) is 4.70. The predicted molar refractivity (Wildman–Crippen MR) is 181 cm³/mol. The number of carboxylic acid groups (broad SMARTS) is 1. The second kappa shape index (κ2) is 14.6. The number of aliphatic hydroxyl groups is 3. The Kier molecular flexibility index (Phi) is 10.4. The number of benzene rings is 2. The lowest BCUT2D eigenvalue weighted by molar-refractivity contribution is -0.0722. The van der Waals surface area contributed by atoms with Crippen LogP contribution in [0.5, 0.6) is 11.5 Å². The molecule has 0 unspecified atom stereocenters. The van der Waals surface area contributed by atoms with Crippen LogP contribution in [0.3, 0.4) is 0 Å². The number of aromatic nitrogens is 3. The van der Waals surface area contributed by atoms with Gasteiger partial charge < -0.3 is 44.9 Å². The Morgan fingerprint density at radius 3 is 2.39 bits per heavy atom. The van der Waals surface area contributed by atoms with Crippen LogP contribution in [0, 0.1) is 0 Å². The number of aliphatic hydroxyl groups excluding tert-OH is 3. The molecule has 262 valence electrons. The van der Waals surface area contributed by atoms with Crippen LogP contribution in [-0.4, -0.2) is 97.0 Å². The first-order chi connectivity index (χ1) is 23.5. The van der Waals surface area contributed by atoms with E-state index in [1.165, 1.54) is 0 Å². The van der Waals surface area contributed by atoms with Crippen molar-refractivity contribution in [1.82, 2.24) is 19.4 Å². The summed E-state index contributed by atoms with van der Waals surface area (Å²) < 4.78 is 20.6. The number of nitrogens with two attached hydrogens (primary N) is 1. The fraction of sp³-hybridized carbons (Fsp3) is 0.457. The highest BCUT2D eigenvalue weighted by Gasteiger charge is 2.42. The minimum atomic E-state index is -1.21. The van der Waals surface area contributed by atoms with Gasteiger partial charge in [0.25, 0.3) is 5.79 Å². The van der Waals surface area contributed by atoms with Crippen LogP contribution >= 0.6 is 11.6 Å². The molecular weight excluding hydrogens is 654 g/mol. The molecule has 5 heterocycles. The molecule has 0 amide bonds. The van der Waals surface area contributed by atoms with Gasteiger partial charge in [0.15, 0.2) is 11.5 Å². The minimum Gasteiger partial charge on any atom is -0.478 e. The molecule has 0 spiro atoms. The first kappa shape index (κ1) is 35.0. The zero-order valence-corrected chi connectivity index (χ0v) is 28.1. The second-order valence-electron chi connectivity index (χ2n) is 13.0. The molecule has 2 fully saturated rings. The SMILES string of the molecule is C[C@@]1(c2ccc(Cl)cn2)Oc2cccc(C3CCN(Cc4nc5ccc(C(=O)O)cc5n4C[C@@H]4CCO4)CC3)c2O1.NC(CO)(CO)CO. The Morgan fingerprint density at radius 2 is 1.80 bits per heavy atom. The van der Waals surface area contributed by atoms with Gasteiger partial charge in [-0.3, -0.25) is 9.88 Å². The third-order valence-corrected chi connectivity index (χ3v) is 9.62. The van der Waals surface area contributed by atoms with E-state index in [0.717, 1.165) is 72.9 Å². The zero-order chi connectivity index (χ0) is 34.8. The number of carboxylic acids is 1. The van der Waals surface area contributed by atoms with Crippen molar-refractivity contribution in [2.24, 2.45) is 5.73 Å². The Labute approximate surface area is 288 Å². The molecular formula is C35H42ClN5O8. The third kappa shape index (κ3) is 7.53. The molecule has 49 heavy (non-hydrogen) atoms. The van der Waals surface area contributed by atoms with E-state index in [2.05, 4.69) is 20.5 Å². The maximum atomic E-state index is 11.6. The molecule has 6 N–H and O–H groups in total.